The first kappa shape index (κ1) is 18.9. The number of hydrogen-bond donors (Lipinski definition) is 0. The van der Waals surface area contributed by atoms with Crippen LogP contribution in [0.25, 0.3) is 0 Å². The lowest BCUT2D eigenvalue weighted by Crippen LogP contribution is -2.41. The van der Waals surface area contributed by atoms with Crippen LogP contribution >= 0.6 is 11.6 Å². The highest BCUT2D eigenvalue weighted by Crippen LogP contribution is 2.26. The molecule has 0 aliphatic carbocycles. The van der Waals surface area contributed by atoms with Crippen molar-refractivity contribution in [2.45, 2.75) is 37.7 Å². The molecule has 0 radical (unpaired) electrons. The highest BCUT2D eigenvalue weighted by Gasteiger charge is 2.30. The second kappa shape index (κ2) is 7.42. The fraction of sp³-hybridized carbons (Fsp3) is 0.389. The fourth-order valence-corrected chi connectivity index (χ4v) is 4.65. The third-order valence-electron chi connectivity index (χ3n) is 4.35. The van der Waals surface area contributed by atoms with E-state index in [1.807, 2.05) is 6.92 Å². The van der Waals surface area contributed by atoms with Crippen molar-refractivity contribution in [2.24, 2.45) is 0 Å². The topological polar surface area (TPSA) is 76.8 Å². The molecule has 0 unspecified atom stereocenters. The van der Waals surface area contributed by atoms with Gasteiger partial charge in [0.15, 0.2) is 0 Å². The first-order valence-electron chi connectivity index (χ1n) is 8.30. The average Bonchev–Trinajstić information content (AvgIpc) is 2.57. The van der Waals surface area contributed by atoms with Gasteiger partial charge in [0.1, 0.15) is 17.6 Å². The van der Waals surface area contributed by atoms with Gasteiger partial charge in [-0.1, -0.05) is 17.7 Å². The summed E-state index contributed by atoms with van der Waals surface area (Å²) in [5, 5.41) is 0.433. The largest absolute Gasteiger partial charge is 0.490 e. The van der Waals surface area contributed by atoms with Crippen LogP contribution in [0.4, 0.5) is 0 Å². The Balaban J connectivity index is 1.67. The summed E-state index contributed by atoms with van der Waals surface area (Å²) in [6, 6.07) is 7.71. The molecule has 140 valence electrons. The number of sulfonamides is 1. The molecule has 1 aromatic heterocycles. The van der Waals surface area contributed by atoms with E-state index in [2.05, 4.69) is 0 Å². The molecule has 6 nitrogen and oxygen atoms in total. The van der Waals surface area contributed by atoms with E-state index in [9.17, 15) is 13.2 Å². The van der Waals surface area contributed by atoms with Gasteiger partial charge in [-0.2, -0.15) is 4.31 Å². The fourth-order valence-electron chi connectivity index (χ4n) is 2.91. The highest BCUT2D eigenvalue weighted by molar-refractivity contribution is 7.89. The maximum absolute atomic E-state index is 12.8. The third kappa shape index (κ3) is 4.11. The summed E-state index contributed by atoms with van der Waals surface area (Å²) >= 11 is 6.06. The maximum atomic E-state index is 12.8. The van der Waals surface area contributed by atoms with E-state index in [1.165, 1.54) is 16.4 Å². The van der Waals surface area contributed by atoms with Gasteiger partial charge in [-0.15, -0.1) is 0 Å². The molecule has 2 aromatic rings. The lowest BCUT2D eigenvalue weighted by molar-refractivity contribution is 0.134. The van der Waals surface area contributed by atoms with E-state index in [0.29, 0.717) is 42.5 Å². The zero-order valence-electron chi connectivity index (χ0n) is 14.6. The Bertz CT molecular complexity index is 962. The van der Waals surface area contributed by atoms with Gasteiger partial charge in [0.25, 0.3) is 0 Å². The van der Waals surface area contributed by atoms with Crippen LogP contribution in [0, 0.1) is 13.8 Å². The summed E-state index contributed by atoms with van der Waals surface area (Å²) in [7, 11) is -3.58. The van der Waals surface area contributed by atoms with Crippen molar-refractivity contribution in [1.29, 1.82) is 0 Å². The quantitative estimate of drug-likeness (QED) is 0.792. The average molecular weight is 398 g/mol. The molecule has 1 aromatic carbocycles. The molecule has 1 aliphatic heterocycles. The Kier molecular flexibility index (Phi) is 5.41. The van der Waals surface area contributed by atoms with E-state index < -0.39 is 15.6 Å². The molecule has 1 aliphatic rings. The van der Waals surface area contributed by atoms with E-state index in [-0.39, 0.29) is 11.0 Å². The van der Waals surface area contributed by atoms with Crippen LogP contribution in [0.15, 0.2) is 44.4 Å². The molecule has 1 fully saturated rings. The number of nitrogens with zero attached hydrogens (tertiary/aromatic N) is 1. The zero-order chi connectivity index (χ0) is 18.9. The molecule has 0 spiro atoms. The summed E-state index contributed by atoms with van der Waals surface area (Å²) in [4.78, 5) is 11.6. The van der Waals surface area contributed by atoms with Crippen LogP contribution < -0.4 is 10.4 Å². The summed E-state index contributed by atoms with van der Waals surface area (Å²) < 4.78 is 37.7. The first-order valence-corrected chi connectivity index (χ1v) is 10.1. The molecular formula is C18H20ClNO5S. The lowest BCUT2D eigenvalue weighted by atomic mass is 10.1. The number of benzene rings is 1. The lowest BCUT2D eigenvalue weighted by Gasteiger charge is -2.31. The van der Waals surface area contributed by atoms with Gasteiger partial charge >= 0.3 is 5.63 Å². The summed E-state index contributed by atoms with van der Waals surface area (Å²) in [5.41, 5.74) is 0.372. The SMILES string of the molecule is Cc1cc(OC2CCN(S(=O)(=O)c3ccc(C)c(Cl)c3)CC2)cc(=O)o1. The number of hydrogen-bond acceptors (Lipinski definition) is 5. The Morgan fingerprint density at radius 2 is 1.85 bits per heavy atom. The monoisotopic (exact) mass is 397 g/mol. The van der Waals surface area contributed by atoms with Gasteiger partial charge in [-0.3, -0.25) is 0 Å². The van der Waals surface area contributed by atoms with Crippen molar-refractivity contribution in [3.8, 4) is 5.75 Å². The zero-order valence-corrected chi connectivity index (χ0v) is 16.1. The van der Waals surface area contributed by atoms with Gasteiger partial charge in [-0.05, 0) is 44.4 Å². The second-order valence-electron chi connectivity index (χ2n) is 6.36. The van der Waals surface area contributed by atoms with Crippen molar-refractivity contribution in [3.63, 3.8) is 0 Å². The van der Waals surface area contributed by atoms with Crippen molar-refractivity contribution in [3.05, 3.63) is 57.1 Å². The number of piperidine rings is 1. The Morgan fingerprint density at radius 3 is 2.46 bits per heavy atom. The number of halogens is 1. The van der Waals surface area contributed by atoms with Crippen LogP contribution in [0.1, 0.15) is 24.2 Å². The third-order valence-corrected chi connectivity index (χ3v) is 6.65. The maximum Gasteiger partial charge on any atom is 0.339 e. The molecule has 0 bridgehead atoms. The standard InChI is InChI=1S/C18H20ClNO5S/c1-12-3-4-16(11-17(12)19)26(22,23)20-7-5-14(6-8-20)25-15-9-13(2)24-18(21)10-15/h3-4,9-11,14H,5-8H2,1-2H3. The molecule has 1 saturated heterocycles. The summed E-state index contributed by atoms with van der Waals surface area (Å²) in [5.74, 6) is 0.925. The van der Waals surface area contributed by atoms with Crippen molar-refractivity contribution >= 4 is 21.6 Å². The van der Waals surface area contributed by atoms with Gasteiger partial charge in [0.2, 0.25) is 10.0 Å². The minimum absolute atomic E-state index is 0.149. The van der Waals surface area contributed by atoms with E-state index in [0.717, 1.165) is 5.56 Å². The van der Waals surface area contributed by atoms with E-state index in [4.69, 9.17) is 20.8 Å². The molecule has 0 amide bonds. The molecule has 0 atom stereocenters. The number of rotatable bonds is 4. The van der Waals surface area contributed by atoms with Crippen LogP contribution in [0.2, 0.25) is 5.02 Å². The summed E-state index contributed by atoms with van der Waals surface area (Å²) in [6.07, 6.45) is 0.931. The van der Waals surface area contributed by atoms with Gasteiger partial charge in [0, 0.05) is 24.2 Å². The van der Waals surface area contributed by atoms with Crippen LogP contribution in [-0.4, -0.2) is 31.9 Å². The molecule has 0 N–H and O–H groups in total. The van der Waals surface area contributed by atoms with Crippen LogP contribution in [0.3, 0.4) is 0 Å². The first-order chi connectivity index (χ1) is 12.3. The number of aryl methyl sites for hydroxylation is 2. The minimum atomic E-state index is -3.58. The molecule has 26 heavy (non-hydrogen) atoms. The smallest absolute Gasteiger partial charge is 0.339 e. The molecular weight excluding hydrogens is 378 g/mol. The molecule has 0 saturated carbocycles. The highest BCUT2D eigenvalue weighted by atomic mass is 35.5. The second-order valence-corrected chi connectivity index (χ2v) is 8.70. The van der Waals surface area contributed by atoms with Crippen molar-refractivity contribution in [1.82, 2.24) is 4.31 Å². The normalized spacial score (nSPS) is 16.6. The Labute approximate surface area is 157 Å². The Morgan fingerprint density at radius 1 is 1.15 bits per heavy atom. The van der Waals surface area contributed by atoms with Gasteiger partial charge in [-0.25, -0.2) is 13.2 Å². The van der Waals surface area contributed by atoms with Crippen LogP contribution in [0.5, 0.6) is 5.75 Å². The van der Waals surface area contributed by atoms with Gasteiger partial charge in [0.05, 0.1) is 11.0 Å². The number of ether oxygens (including phenoxy) is 1. The molecule has 2 heterocycles. The predicted octanol–water partition coefficient (Wildman–Crippen LogP) is 3.14. The van der Waals surface area contributed by atoms with E-state index >= 15 is 0 Å². The van der Waals surface area contributed by atoms with Crippen LogP contribution in [-0.2, 0) is 10.0 Å². The Hall–Kier alpha value is -1.83. The molecule has 3 rings (SSSR count). The minimum Gasteiger partial charge on any atom is -0.490 e. The summed E-state index contributed by atoms with van der Waals surface area (Å²) in [6.45, 7) is 4.20. The van der Waals surface area contributed by atoms with Crippen molar-refractivity contribution in [2.75, 3.05) is 13.1 Å². The van der Waals surface area contributed by atoms with E-state index in [1.54, 1.807) is 25.1 Å². The predicted molar refractivity (Wildman–Crippen MR) is 98.3 cm³/mol. The molecule has 8 heteroatoms. The van der Waals surface area contributed by atoms with Gasteiger partial charge < -0.3 is 9.15 Å². The van der Waals surface area contributed by atoms with Crippen molar-refractivity contribution < 1.29 is 17.6 Å².